The van der Waals surface area contributed by atoms with Gasteiger partial charge in [-0.3, -0.25) is 4.79 Å². The van der Waals surface area contributed by atoms with Crippen molar-refractivity contribution in [3.8, 4) is 5.75 Å². The van der Waals surface area contributed by atoms with Crippen LogP contribution in [0.15, 0.2) is 24.3 Å². The topological polar surface area (TPSA) is 44.1 Å². The molecular weight excluding hydrogens is 288 g/mol. The van der Waals surface area contributed by atoms with Gasteiger partial charge in [0.05, 0.1) is 12.3 Å². The van der Waals surface area contributed by atoms with E-state index in [0.717, 1.165) is 22.7 Å². The Hall–Kier alpha value is -2.10. The van der Waals surface area contributed by atoms with Crippen molar-refractivity contribution in [2.45, 2.75) is 47.5 Å². The summed E-state index contributed by atoms with van der Waals surface area (Å²) in [6, 6.07) is 7.27. The molecule has 0 saturated carbocycles. The normalized spacial score (nSPS) is 11.3. The maximum Gasteiger partial charge on any atom is 0.278 e. The molecular formula is C19H26N2O2. The van der Waals surface area contributed by atoms with Crippen LogP contribution in [0.4, 0.5) is 0 Å². The van der Waals surface area contributed by atoms with E-state index in [1.807, 2.05) is 26.0 Å². The Morgan fingerprint density at radius 2 is 1.74 bits per heavy atom. The Bertz CT molecular complexity index is 682. The molecule has 0 fully saturated rings. The number of rotatable bonds is 5. The zero-order valence-corrected chi connectivity index (χ0v) is 14.9. The number of nitrogens with zero attached hydrogens (tertiary/aromatic N) is 2. The summed E-state index contributed by atoms with van der Waals surface area (Å²) in [6.45, 7) is 13.0. The van der Waals surface area contributed by atoms with Crippen molar-refractivity contribution < 1.29 is 9.53 Å². The van der Waals surface area contributed by atoms with Gasteiger partial charge in [0.15, 0.2) is 0 Å². The monoisotopic (exact) mass is 314 g/mol. The van der Waals surface area contributed by atoms with Crippen LogP contribution in [0.1, 0.15) is 60.9 Å². The lowest BCUT2D eigenvalue weighted by atomic mass is 10.0. The van der Waals surface area contributed by atoms with Gasteiger partial charge >= 0.3 is 0 Å². The molecule has 0 spiro atoms. The molecule has 0 N–H and O–H groups in total. The number of hydrogen-bond acceptors (Lipinski definition) is 3. The number of ether oxygens (including phenoxy) is 1. The lowest BCUT2D eigenvalue weighted by Crippen LogP contribution is -2.15. The van der Waals surface area contributed by atoms with Gasteiger partial charge in [0.2, 0.25) is 0 Å². The van der Waals surface area contributed by atoms with Crippen LogP contribution in [0, 0.1) is 19.8 Å². The summed E-state index contributed by atoms with van der Waals surface area (Å²) in [5, 5.41) is 4.43. The molecule has 0 aliphatic rings. The fourth-order valence-electron chi connectivity index (χ4n) is 2.77. The fraction of sp³-hybridized carbons (Fsp3) is 0.474. The third kappa shape index (κ3) is 3.81. The van der Waals surface area contributed by atoms with Gasteiger partial charge in [0.1, 0.15) is 5.75 Å². The van der Waals surface area contributed by atoms with E-state index in [9.17, 15) is 4.79 Å². The molecule has 0 unspecified atom stereocenters. The van der Waals surface area contributed by atoms with Crippen LogP contribution in [0.25, 0.3) is 0 Å². The first-order valence-corrected chi connectivity index (χ1v) is 8.15. The lowest BCUT2D eigenvalue weighted by molar-refractivity contribution is 0.0942. The summed E-state index contributed by atoms with van der Waals surface area (Å²) in [4.78, 5) is 12.7. The van der Waals surface area contributed by atoms with Gasteiger partial charge in [0, 0.05) is 11.3 Å². The zero-order valence-electron chi connectivity index (χ0n) is 14.9. The van der Waals surface area contributed by atoms with Crippen molar-refractivity contribution in [1.82, 2.24) is 9.78 Å². The summed E-state index contributed by atoms with van der Waals surface area (Å²) >= 11 is 0. The van der Waals surface area contributed by atoms with Crippen molar-refractivity contribution in [2.75, 3.05) is 6.61 Å². The van der Waals surface area contributed by atoms with Crippen molar-refractivity contribution >= 4 is 5.91 Å². The molecule has 0 aliphatic carbocycles. The van der Waals surface area contributed by atoms with E-state index in [1.54, 1.807) is 12.1 Å². The third-order valence-corrected chi connectivity index (χ3v) is 3.80. The van der Waals surface area contributed by atoms with Gasteiger partial charge in [-0.15, -0.1) is 0 Å². The molecule has 0 atom stereocenters. The highest BCUT2D eigenvalue weighted by molar-refractivity contribution is 5.96. The molecule has 1 aromatic carbocycles. The van der Waals surface area contributed by atoms with E-state index in [4.69, 9.17) is 4.74 Å². The molecule has 1 heterocycles. The highest BCUT2D eigenvalue weighted by atomic mass is 16.5. The van der Waals surface area contributed by atoms with Crippen molar-refractivity contribution in [3.63, 3.8) is 0 Å². The molecule has 0 amide bonds. The quantitative estimate of drug-likeness (QED) is 0.824. The highest BCUT2D eigenvalue weighted by Crippen LogP contribution is 2.23. The van der Waals surface area contributed by atoms with E-state index in [1.165, 1.54) is 4.68 Å². The standard InChI is InChI=1S/C19H26N2O2/c1-12(2)11-23-17-9-7-16(8-10-17)19(22)21-15(6)18(13(3)4)14(5)20-21/h7-10,12-13H,11H2,1-6H3. The van der Waals surface area contributed by atoms with Crippen molar-refractivity contribution in [1.29, 1.82) is 0 Å². The van der Waals surface area contributed by atoms with Crippen LogP contribution in [0.5, 0.6) is 5.75 Å². The second-order valence-electron chi connectivity index (χ2n) is 6.69. The van der Waals surface area contributed by atoms with E-state index in [2.05, 4.69) is 32.8 Å². The number of aryl methyl sites for hydroxylation is 1. The smallest absolute Gasteiger partial charge is 0.278 e. The number of benzene rings is 1. The van der Waals surface area contributed by atoms with E-state index in [-0.39, 0.29) is 5.91 Å². The van der Waals surface area contributed by atoms with Gasteiger partial charge in [-0.05, 0) is 55.5 Å². The van der Waals surface area contributed by atoms with E-state index < -0.39 is 0 Å². The number of carbonyl (C=O) groups is 1. The first-order valence-electron chi connectivity index (χ1n) is 8.15. The van der Waals surface area contributed by atoms with Gasteiger partial charge in [-0.2, -0.15) is 5.10 Å². The minimum Gasteiger partial charge on any atom is -0.493 e. The number of hydrogen-bond donors (Lipinski definition) is 0. The second-order valence-corrected chi connectivity index (χ2v) is 6.69. The van der Waals surface area contributed by atoms with Gasteiger partial charge in [-0.25, -0.2) is 4.68 Å². The van der Waals surface area contributed by atoms with Crippen LogP contribution in [0.3, 0.4) is 0 Å². The minimum atomic E-state index is -0.104. The Kier molecular flexibility index (Phi) is 5.24. The average Bonchev–Trinajstić information content (AvgIpc) is 2.79. The highest BCUT2D eigenvalue weighted by Gasteiger charge is 2.19. The molecule has 4 nitrogen and oxygen atoms in total. The fourth-order valence-corrected chi connectivity index (χ4v) is 2.77. The van der Waals surface area contributed by atoms with Crippen LogP contribution >= 0.6 is 0 Å². The Labute approximate surface area is 138 Å². The summed E-state index contributed by atoms with van der Waals surface area (Å²) in [5.41, 5.74) is 3.60. The molecule has 124 valence electrons. The minimum absolute atomic E-state index is 0.104. The molecule has 4 heteroatoms. The molecule has 0 bridgehead atoms. The van der Waals surface area contributed by atoms with Gasteiger partial charge < -0.3 is 4.74 Å². The molecule has 23 heavy (non-hydrogen) atoms. The first-order chi connectivity index (χ1) is 10.8. The maximum absolute atomic E-state index is 12.7. The Morgan fingerprint density at radius 1 is 1.13 bits per heavy atom. The SMILES string of the molecule is Cc1nn(C(=O)c2ccc(OCC(C)C)cc2)c(C)c1C(C)C. The average molecular weight is 314 g/mol. The second kappa shape index (κ2) is 6.99. The largest absolute Gasteiger partial charge is 0.493 e. The Balaban J connectivity index is 2.22. The number of aromatic nitrogens is 2. The summed E-state index contributed by atoms with van der Waals surface area (Å²) in [6.07, 6.45) is 0. The predicted octanol–water partition coefficient (Wildman–Crippen LogP) is 4.35. The number of carbonyl (C=O) groups excluding carboxylic acids is 1. The van der Waals surface area contributed by atoms with Crippen molar-refractivity contribution in [3.05, 3.63) is 46.8 Å². The first kappa shape index (κ1) is 17.3. The molecule has 0 aliphatic heterocycles. The zero-order chi connectivity index (χ0) is 17.1. The van der Waals surface area contributed by atoms with E-state index >= 15 is 0 Å². The maximum atomic E-state index is 12.7. The van der Waals surface area contributed by atoms with Gasteiger partial charge in [-0.1, -0.05) is 27.7 Å². The van der Waals surface area contributed by atoms with Crippen LogP contribution in [-0.2, 0) is 0 Å². The lowest BCUT2D eigenvalue weighted by Gasteiger charge is -2.09. The van der Waals surface area contributed by atoms with Crippen LogP contribution in [0.2, 0.25) is 0 Å². The summed E-state index contributed by atoms with van der Waals surface area (Å²) in [7, 11) is 0. The Morgan fingerprint density at radius 3 is 2.22 bits per heavy atom. The summed E-state index contributed by atoms with van der Waals surface area (Å²) in [5.74, 6) is 1.50. The van der Waals surface area contributed by atoms with Crippen molar-refractivity contribution in [2.24, 2.45) is 5.92 Å². The van der Waals surface area contributed by atoms with Gasteiger partial charge in [0.25, 0.3) is 5.91 Å². The van der Waals surface area contributed by atoms with E-state index in [0.29, 0.717) is 24.0 Å². The molecule has 2 aromatic rings. The predicted molar refractivity (Wildman–Crippen MR) is 92.3 cm³/mol. The van der Waals surface area contributed by atoms with Crippen LogP contribution < -0.4 is 4.74 Å². The summed E-state index contributed by atoms with van der Waals surface area (Å²) < 4.78 is 7.16. The molecule has 2 rings (SSSR count). The van der Waals surface area contributed by atoms with Crippen LogP contribution in [-0.4, -0.2) is 22.3 Å². The molecule has 1 aromatic heterocycles. The third-order valence-electron chi connectivity index (χ3n) is 3.80. The molecule has 0 saturated heterocycles. The molecule has 0 radical (unpaired) electrons.